The molecular weight excluding hydrogens is 394 g/mol. The number of anilines is 1. The summed E-state index contributed by atoms with van der Waals surface area (Å²) in [7, 11) is 0. The highest BCUT2D eigenvalue weighted by Crippen LogP contribution is 2.23. The predicted octanol–water partition coefficient (Wildman–Crippen LogP) is 2.47. The Labute approximate surface area is 181 Å². The fraction of sp³-hybridized carbons (Fsp3) is 0.455. The molecular formula is C22H29N7O2. The number of nitrogens with zero attached hydrogens (tertiary/aromatic N) is 5. The van der Waals surface area contributed by atoms with E-state index in [2.05, 4.69) is 37.5 Å². The molecule has 0 radical (unpaired) electrons. The van der Waals surface area contributed by atoms with Crippen molar-refractivity contribution in [1.82, 2.24) is 30.0 Å². The Hall–Kier alpha value is -3.04. The third-order valence-electron chi connectivity index (χ3n) is 5.30. The number of hydrogen-bond acceptors (Lipinski definition) is 7. The summed E-state index contributed by atoms with van der Waals surface area (Å²) in [6.45, 7) is 10.9. The van der Waals surface area contributed by atoms with Crippen molar-refractivity contribution in [2.45, 2.75) is 40.2 Å². The van der Waals surface area contributed by atoms with Gasteiger partial charge in [0.1, 0.15) is 11.6 Å². The molecule has 1 saturated heterocycles. The van der Waals surface area contributed by atoms with Gasteiger partial charge in [-0.25, -0.2) is 14.6 Å². The first-order valence-electron chi connectivity index (χ1n) is 10.7. The molecule has 0 aromatic carbocycles. The topological polar surface area (TPSA) is 101 Å². The normalized spacial score (nSPS) is 16.7. The van der Waals surface area contributed by atoms with Gasteiger partial charge in [-0.1, -0.05) is 6.92 Å². The minimum atomic E-state index is -0.100. The second kappa shape index (κ2) is 8.99. The van der Waals surface area contributed by atoms with Crippen LogP contribution >= 0.6 is 0 Å². The van der Waals surface area contributed by atoms with Crippen LogP contribution in [0.25, 0.3) is 17.4 Å². The molecule has 1 aliphatic rings. The van der Waals surface area contributed by atoms with Crippen molar-refractivity contribution in [1.29, 1.82) is 0 Å². The molecule has 2 N–H and O–H groups in total. The summed E-state index contributed by atoms with van der Waals surface area (Å²) in [6.07, 6.45) is 1.05. The molecule has 3 aromatic heterocycles. The van der Waals surface area contributed by atoms with Crippen LogP contribution in [0.3, 0.4) is 0 Å². The Bertz CT molecular complexity index is 1070. The maximum absolute atomic E-state index is 12.7. The number of aromatic nitrogens is 4. The monoisotopic (exact) mass is 423 g/mol. The average molecular weight is 424 g/mol. The zero-order chi connectivity index (χ0) is 22.0. The first kappa shape index (κ1) is 21.2. The largest absolute Gasteiger partial charge is 0.458 e. The maximum atomic E-state index is 12.7. The molecule has 31 heavy (non-hydrogen) atoms. The molecule has 1 amide bonds. The summed E-state index contributed by atoms with van der Waals surface area (Å²) in [6, 6.07) is 7.85. The lowest BCUT2D eigenvalue weighted by Gasteiger charge is -2.16. The number of likely N-dealkylation sites (tertiary alicyclic amines) is 1. The Kier molecular flexibility index (Phi) is 6.15. The molecule has 1 unspecified atom stereocenters. The highest BCUT2D eigenvalue weighted by molar-refractivity contribution is 5.91. The maximum Gasteiger partial charge on any atom is 0.239 e. The smallest absolute Gasteiger partial charge is 0.239 e. The third kappa shape index (κ3) is 5.00. The van der Waals surface area contributed by atoms with E-state index in [0.717, 1.165) is 43.2 Å². The van der Waals surface area contributed by atoms with Gasteiger partial charge in [0.25, 0.3) is 0 Å². The Morgan fingerprint density at radius 1 is 1.23 bits per heavy atom. The van der Waals surface area contributed by atoms with Gasteiger partial charge in [0, 0.05) is 30.9 Å². The highest BCUT2D eigenvalue weighted by Gasteiger charge is 2.23. The lowest BCUT2D eigenvalue weighted by Crippen LogP contribution is -2.36. The lowest BCUT2D eigenvalue weighted by atomic mass is 10.3. The Morgan fingerprint density at radius 3 is 2.74 bits per heavy atom. The molecule has 0 spiro atoms. The van der Waals surface area contributed by atoms with Gasteiger partial charge in [-0.3, -0.25) is 9.69 Å². The van der Waals surface area contributed by atoms with E-state index in [4.69, 9.17) is 4.42 Å². The number of amides is 1. The molecule has 3 aromatic rings. The van der Waals surface area contributed by atoms with Crippen molar-refractivity contribution in [3.8, 4) is 17.4 Å². The van der Waals surface area contributed by atoms with Gasteiger partial charge < -0.3 is 15.1 Å². The SMILES string of the molecule is CCNC1CCN(CC(=O)Nc2cc(-n3nc(C)cc3C)nc(-c3ccc(C)o3)n2)C1. The van der Waals surface area contributed by atoms with Crippen molar-refractivity contribution >= 4 is 11.7 Å². The zero-order valence-electron chi connectivity index (χ0n) is 18.5. The zero-order valence-corrected chi connectivity index (χ0v) is 18.5. The second-order valence-electron chi connectivity index (χ2n) is 8.01. The molecule has 9 nitrogen and oxygen atoms in total. The van der Waals surface area contributed by atoms with Crippen LogP contribution in [0, 0.1) is 20.8 Å². The van der Waals surface area contributed by atoms with Crippen molar-refractivity contribution in [3.63, 3.8) is 0 Å². The molecule has 0 aliphatic carbocycles. The molecule has 4 heterocycles. The number of hydrogen-bond donors (Lipinski definition) is 2. The van der Waals surface area contributed by atoms with Gasteiger partial charge in [0.15, 0.2) is 17.4 Å². The standard InChI is InChI=1S/C22H29N7O2/c1-5-23-17-8-9-28(12-17)13-21(30)24-19-11-20(29-15(3)10-14(2)27-29)26-22(25-19)18-7-6-16(4)31-18/h6-7,10-11,17,23H,5,8-9,12-13H2,1-4H3,(H,24,25,26,30). The van der Waals surface area contributed by atoms with Crippen LogP contribution in [0.1, 0.15) is 30.5 Å². The van der Waals surface area contributed by atoms with Gasteiger partial charge >= 0.3 is 0 Å². The molecule has 1 aliphatic heterocycles. The van der Waals surface area contributed by atoms with Crippen LogP contribution in [-0.4, -0.2) is 62.8 Å². The van der Waals surface area contributed by atoms with Crippen LogP contribution < -0.4 is 10.6 Å². The Morgan fingerprint density at radius 2 is 2.06 bits per heavy atom. The summed E-state index contributed by atoms with van der Waals surface area (Å²) >= 11 is 0. The summed E-state index contributed by atoms with van der Waals surface area (Å²) in [5.74, 6) is 2.62. The number of rotatable bonds is 7. The summed E-state index contributed by atoms with van der Waals surface area (Å²) in [4.78, 5) is 24.0. The fourth-order valence-corrected chi connectivity index (χ4v) is 3.95. The van der Waals surface area contributed by atoms with Gasteiger partial charge in [-0.2, -0.15) is 5.10 Å². The van der Waals surface area contributed by atoms with Gasteiger partial charge in [0.05, 0.1) is 12.2 Å². The molecule has 1 atom stereocenters. The number of carbonyl (C=O) groups excluding carboxylic acids is 1. The van der Waals surface area contributed by atoms with Crippen LogP contribution in [-0.2, 0) is 4.79 Å². The van der Waals surface area contributed by atoms with Crippen molar-refractivity contribution in [2.75, 3.05) is 31.5 Å². The Balaban J connectivity index is 1.57. The van der Waals surface area contributed by atoms with Gasteiger partial charge in [-0.15, -0.1) is 0 Å². The second-order valence-corrected chi connectivity index (χ2v) is 8.01. The van der Waals surface area contributed by atoms with Crippen molar-refractivity contribution in [2.24, 2.45) is 0 Å². The van der Waals surface area contributed by atoms with Crippen LogP contribution in [0.15, 0.2) is 28.7 Å². The molecule has 164 valence electrons. The van der Waals surface area contributed by atoms with Gasteiger partial charge in [0.2, 0.25) is 5.91 Å². The number of furan rings is 1. The fourth-order valence-electron chi connectivity index (χ4n) is 3.95. The molecule has 9 heteroatoms. The molecule has 1 fully saturated rings. The van der Waals surface area contributed by atoms with Crippen LogP contribution in [0.4, 0.5) is 5.82 Å². The van der Waals surface area contributed by atoms with E-state index in [1.807, 2.05) is 39.0 Å². The van der Waals surface area contributed by atoms with E-state index in [-0.39, 0.29) is 5.91 Å². The minimum Gasteiger partial charge on any atom is -0.458 e. The van der Waals surface area contributed by atoms with Crippen LogP contribution in [0.2, 0.25) is 0 Å². The van der Waals surface area contributed by atoms with E-state index >= 15 is 0 Å². The van der Waals surface area contributed by atoms with E-state index in [0.29, 0.717) is 35.8 Å². The average Bonchev–Trinajstić information content (AvgIpc) is 3.42. The number of nitrogens with one attached hydrogen (secondary N) is 2. The quantitative estimate of drug-likeness (QED) is 0.602. The summed E-state index contributed by atoms with van der Waals surface area (Å²) in [5, 5.41) is 10.9. The first-order chi connectivity index (χ1) is 14.9. The first-order valence-corrected chi connectivity index (χ1v) is 10.7. The summed E-state index contributed by atoms with van der Waals surface area (Å²) < 4.78 is 7.46. The van der Waals surface area contributed by atoms with E-state index in [1.165, 1.54) is 0 Å². The van der Waals surface area contributed by atoms with Crippen molar-refractivity contribution < 1.29 is 9.21 Å². The van der Waals surface area contributed by atoms with E-state index < -0.39 is 0 Å². The van der Waals surface area contributed by atoms with E-state index in [9.17, 15) is 4.79 Å². The molecule has 0 saturated carbocycles. The summed E-state index contributed by atoms with van der Waals surface area (Å²) in [5.41, 5.74) is 1.84. The minimum absolute atomic E-state index is 0.100. The van der Waals surface area contributed by atoms with Crippen LogP contribution in [0.5, 0.6) is 0 Å². The lowest BCUT2D eigenvalue weighted by molar-refractivity contribution is -0.117. The predicted molar refractivity (Wildman–Crippen MR) is 118 cm³/mol. The van der Waals surface area contributed by atoms with Gasteiger partial charge in [-0.05, 0) is 51.9 Å². The highest BCUT2D eigenvalue weighted by atomic mass is 16.3. The number of likely N-dealkylation sites (N-methyl/N-ethyl adjacent to an activating group) is 1. The third-order valence-corrected chi connectivity index (χ3v) is 5.30. The van der Waals surface area contributed by atoms with Crippen molar-refractivity contribution in [3.05, 3.63) is 41.4 Å². The molecule has 0 bridgehead atoms. The molecule has 4 rings (SSSR count). The number of carbonyl (C=O) groups is 1. The number of aryl methyl sites for hydroxylation is 3. The van der Waals surface area contributed by atoms with E-state index in [1.54, 1.807) is 10.7 Å².